The molecule has 0 aliphatic carbocycles. The molecule has 1 nitrogen and oxygen atoms in total. The SMILES string of the molecule is [O]CC=CCCl. The Labute approximate surface area is 42.2 Å². The molecule has 0 rings (SSSR count). The van der Waals surface area contributed by atoms with Crippen molar-refractivity contribution in [2.75, 3.05) is 12.5 Å². The third kappa shape index (κ3) is 3.99. The van der Waals surface area contributed by atoms with E-state index in [9.17, 15) is 5.11 Å². The van der Waals surface area contributed by atoms with E-state index >= 15 is 0 Å². The van der Waals surface area contributed by atoms with Crippen molar-refractivity contribution in [1.82, 2.24) is 0 Å². The Bertz CT molecular complexity index is 36.8. The summed E-state index contributed by atoms with van der Waals surface area (Å²) in [5, 5.41) is 9.54. The van der Waals surface area contributed by atoms with Crippen LogP contribution in [0, 0.1) is 0 Å². The molecular formula is C4H6ClO. The summed E-state index contributed by atoms with van der Waals surface area (Å²) in [6, 6.07) is 0. The number of hydrogen-bond donors (Lipinski definition) is 0. The van der Waals surface area contributed by atoms with E-state index in [4.69, 9.17) is 11.6 Å². The van der Waals surface area contributed by atoms with Gasteiger partial charge in [-0.2, -0.15) is 0 Å². The topological polar surface area (TPSA) is 19.9 Å². The first-order valence-electron chi connectivity index (χ1n) is 1.71. The van der Waals surface area contributed by atoms with Crippen LogP contribution in [0.15, 0.2) is 12.2 Å². The second kappa shape index (κ2) is 4.99. The summed E-state index contributed by atoms with van der Waals surface area (Å²) in [7, 11) is 0. The van der Waals surface area contributed by atoms with Crippen molar-refractivity contribution < 1.29 is 5.11 Å². The first-order chi connectivity index (χ1) is 2.91. The summed E-state index contributed by atoms with van der Waals surface area (Å²) in [6.07, 6.45) is 3.13. The number of hydrogen-bond acceptors (Lipinski definition) is 0. The molecule has 6 heavy (non-hydrogen) atoms. The first-order valence-corrected chi connectivity index (χ1v) is 2.24. The predicted molar refractivity (Wildman–Crippen MR) is 25.4 cm³/mol. The molecule has 0 bridgehead atoms. The molecule has 1 radical (unpaired) electrons. The Balaban J connectivity index is 2.73. The molecule has 2 heteroatoms. The van der Waals surface area contributed by atoms with Crippen molar-refractivity contribution >= 4 is 11.6 Å². The highest BCUT2D eigenvalue weighted by atomic mass is 35.5. The summed E-state index contributed by atoms with van der Waals surface area (Å²) >= 11 is 5.15. The number of allylic oxidation sites excluding steroid dienone is 1. The zero-order chi connectivity index (χ0) is 4.83. The molecule has 0 amide bonds. The van der Waals surface area contributed by atoms with Crippen LogP contribution in [0.3, 0.4) is 0 Å². The lowest BCUT2D eigenvalue weighted by atomic mass is 10.6. The fourth-order valence-corrected chi connectivity index (χ4v) is 0.257. The van der Waals surface area contributed by atoms with Gasteiger partial charge in [0.25, 0.3) is 0 Å². The van der Waals surface area contributed by atoms with Gasteiger partial charge in [0, 0.05) is 5.88 Å². The largest absolute Gasteiger partial charge is 0.232 e. The number of halogens is 1. The van der Waals surface area contributed by atoms with Gasteiger partial charge in [0.2, 0.25) is 0 Å². The molecule has 0 aromatic heterocycles. The second-order valence-corrected chi connectivity index (χ2v) is 1.10. The van der Waals surface area contributed by atoms with Gasteiger partial charge in [0.15, 0.2) is 0 Å². The summed E-state index contributed by atoms with van der Waals surface area (Å²) in [6.45, 7) is -0.160. The van der Waals surface area contributed by atoms with Crippen molar-refractivity contribution in [2.24, 2.45) is 0 Å². The van der Waals surface area contributed by atoms with E-state index in [0.29, 0.717) is 5.88 Å². The highest BCUT2D eigenvalue weighted by Gasteiger charge is 1.64. The van der Waals surface area contributed by atoms with Gasteiger partial charge in [-0.1, -0.05) is 12.2 Å². The van der Waals surface area contributed by atoms with Crippen molar-refractivity contribution in [3.05, 3.63) is 12.2 Å². The van der Waals surface area contributed by atoms with Crippen molar-refractivity contribution in [3.63, 3.8) is 0 Å². The van der Waals surface area contributed by atoms with Gasteiger partial charge in [-0.3, -0.25) is 0 Å². The van der Waals surface area contributed by atoms with E-state index in [-0.39, 0.29) is 6.61 Å². The third-order valence-electron chi connectivity index (χ3n) is 0.352. The van der Waals surface area contributed by atoms with Gasteiger partial charge < -0.3 is 0 Å². The Hall–Kier alpha value is -0.0100. The Morgan fingerprint density at radius 3 is 2.33 bits per heavy atom. The molecule has 0 spiro atoms. The van der Waals surface area contributed by atoms with Gasteiger partial charge in [-0.15, -0.1) is 11.6 Å². The normalized spacial score (nSPS) is 10.3. The van der Waals surface area contributed by atoms with Gasteiger partial charge in [0.05, 0.1) is 0 Å². The molecule has 0 aliphatic heterocycles. The molecule has 0 aromatic rings. The number of alkyl halides is 1. The van der Waals surface area contributed by atoms with E-state index in [1.807, 2.05) is 0 Å². The van der Waals surface area contributed by atoms with Crippen LogP contribution in [0.1, 0.15) is 0 Å². The molecule has 0 saturated carbocycles. The Kier molecular flexibility index (Phi) is 4.98. The lowest BCUT2D eigenvalue weighted by Gasteiger charge is -1.69. The van der Waals surface area contributed by atoms with Crippen LogP contribution in [0.4, 0.5) is 0 Å². The zero-order valence-electron chi connectivity index (χ0n) is 3.36. The van der Waals surface area contributed by atoms with Gasteiger partial charge in [-0.25, -0.2) is 5.11 Å². The van der Waals surface area contributed by atoms with Crippen molar-refractivity contribution in [3.8, 4) is 0 Å². The average Bonchev–Trinajstić information content (AvgIpc) is 1.61. The van der Waals surface area contributed by atoms with Crippen LogP contribution in [0.25, 0.3) is 0 Å². The van der Waals surface area contributed by atoms with E-state index in [1.165, 1.54) is 6.08 Å². The van der Waals surface area contributed by atoms with E-state index in [1.54, 1.807) is 6.08 Å². The summed E-state index contributed by atoms with van der Waals surface area (Å²) in [4.78, 5) is 0. The van der Waals surface area contributed by atoms with Crippen LogP contribution in [-0.4, -0.2) is 12.5 Å². The third-order valence-corrected chi connectivity index (χ3v) is 0.530. The van der Waals surface area contributed by atoms with Gasteiger partial charge >= 0.3 is 0 Å². The monoisotopic (exact) mass is 105 g/mol. The van der Waals surface area contributed by atoms with E-state index < -0.39 is 0 Å². The minimum atomic E-state index is -0.160. The predicted octanol–water partition coefficient (Wildman–Crippen LogP) is 1.21. The lowest BCUT2D eigenvalue weighted by molar-refractivity contribution is 0.232. The molecule has 0 aromatic carbocycles. The second-order valence-electron chi connectivity index (χ2n) is 0.792. The quantitative estimate of drug-likeness (QED) is 0.372. The molecule has 35 valence electrons. The van der Waals surface area contributed by atoms with E-state index in [2.05, 4.69) is 0 Å². The van der Waals surface area contributed by atoms with Crippen LogP contribution in [0.5, 0.6) is 0 Å². The molecule has 0 heterocycles. The standard InChI is InChI=1S/C4H6ClO/c5-3-1-2-4-6/h1-2H,3-4H2. The van der Waals surface area contributed by atoms with Gasteiger partial charge in [-0.05, 0) is 0 Å². The fraction of sp³-hybridized carbons (Fsp3) is 0.500. The maximum absolute atomic E-state index is 9.54. The highest BCUT2D eigenvalue weighted by molar-refractivity contribution is 6.18. The smallest absolute Gasteiger partial charge is 0.100 e. The Morgan fingerprint density at radius 1 is 1.50 bits per heavy atom. The van der Waals surface area contributed by atoms with Crippen LogP contribution < -0.4 is 0 Å². The molecular weight excluding hydrogens is 99.5 g/mol. The molecule has 0 fully saturated rings. The summed E-state index contributed by atoms with van der Waals surface area (Å²) in [5.74, 6) is 0.447. The van der Waals surface area contributed by atoms with Gasteiger partial charge in [0.1, 0.15) is 6.61 Å². The summed E-state index contributed by atoms with van der Waals surface area (Å²) < 4.78 is 0. The molecule has 0 atom stereocenters. The average molecular weight is 106 g/mol. The van der Waals surface area contributed by atoms with Crippen LogP contribution in [-0.2, 0) is 5.11 Å². The maximum Gasteiger partial charge on any atom is 0.100 e. The molecule has 0 unspecified atom stereocenters. The molecule has 0 saturated heterocycles. The van der Waals surface area contributed by atoms with Crippen molar-refractivity contribution in [2.45, 2.75) is 0 Å². The van der Waals surface area contributed by atoms with Crippen LogP contribution >= 0.6 is 11.6 Å². The number of rotatable bonds is 2. The minimum Gasteiger partial charge on any atom is -0.232 e. The summed E-state index contributed by atoms with van der Waals surface area (Å²) in [5.41, 5.74) is 0. The van der Waals surface area contributed by atoms with Crippen LogP contribution in [0.2, 0.25) is 0 Å². The molecule has 0 aliphatic rings. The zero-order valence-corrected chi connectivity index (χ0v) is 4.11. The van der Waals surface area contributed by atoms with E-state index in [0.717, 1.165) is 0 Å². The fourth-order valence-electron chi connectivity index (χ4n) is 0.131. The maximum atomic E-state index is 9.54. The lowest BCUT2D eigenvalue weighted by Crippen LogP contribution is -1.66. The molecule has 0 N–H and O–H groups in total. The Morgan fingerprint density at radius 2 is 2.17 bits per heavy atom. The minimum absolute atomic E-state index is 0.160. The highest BCUT2D eigenvalue weighted by Crippen LogP contribution is 1.74. The van der Waals surface area contributed by atoms with Crippen molar-refractivity contribution in [1.29, 1.82) is 0 Å². The first kappa shape index (κ1) is 5.99.